The summed E-state index contributed by atoms with van der Waals surface area (Å²) in [6.07, 6.45) is 1.35. The van der Waals surface area contributed by atoms with E-state index in [0.29, 0.717) is 17.7 Å². The smallest absolute Gasteiger partial charge is 0.222 e. The van der Waals surface area contributed by atoms with Crippen molar-refractivity contribution in [3.8, 4) is 5.75 Å². The summed E-state index contributed by atoms with van der Waals surface area (Å²) in [5.41, 5.74) is 1.54. The minimum atomic E-state index is -0.138. The van der Waals surface area contributed by atoms with Crippen molar-refractivity contribution in [1.29, 1.82) is 0 Å². The first kappa shape index (κ1) is 13.5. The van der Waals surface area contributed by atoms with Crippen LogP contribution in [0.4, 0.5) is 0 Å². The van der Waals surface area contributed by atoms with Gasteiger partial charge in [-0.1, -0.05) is 22.0 Å². The number of benzene rings is 1. The van der Waals surface area contributed by atoms with E-state index in [1.165, 1.54) is 0 Å². The molecule has 18 heavy (non-hydrogen) atoms. The Morgan fingerprint density at radius 1 is 1.61 bits per heavy atom. The Balaban J connectivity index is 2.20. The second kappa shape index (κ2) is 5.82. The number of carbonyl (C=O) groups excluding carboxylic acids is 1. The van der Waals surface area contributed by atoms with Crippen molar-refractivity contribution in [2.24, 2.45) is 0 Å². The molecule has 98 valence electrons. The summed E-state index contributed by atoms with van der Waals surface area (Å²) in [6.45, 7) is 1.98. The highest BCUT2D eigenvalue weighted by atomic mass is 79.9. The lowest BCUT2D eigenvalue weighted by atomic mass is 10.00. The van der Waals surface area contributed by atoms with Crippen LogP contribution in [-0.2, 0) is 0 Å². The molecule has 0 saturated heterocycles. The molecular weight excluding hydrogens is 298 g/mol. The van der Waals surface area contributed by atoms with Gasteiger partial charge in [0, 0.05) is 17.3 Å². The van der Waals surface area contributed by atoms with Crippen LogP contribution in [0.5, 0.6) is 5.75 Å². The fraction of sp³-hybridized carbons (Fsp3) is 0.462. The maximum atomic E-state index is 11.9. The van der Waals surface area contributed by atoms with Crippen molar-refractivity contribution in [3.63, 3.8) is 0 Å². The van der Waals surface area contributed by atoms with E-state index < -0.39 is 0 Å². The van der Waals surface area contributed by atoms with Crippen LogP contribution in [0.1, 0.15) is 41.7 Å². The summed E-state index contributed by atoms with van der Waals surface area (Å²) < 4.78 is 5.39. The number of alkyl halides is 1. The van der Waals surface area contributed by atoms with Crippen molar-refractivity contribution in [2.45, 2.75) is 25.8 Å². The fourth-order valence-corrected chi connectivity index (χ4v) is 2.29. The van der Waals surface area contributed by atoms with Crippen molar-refractivity contribution in [2.75, 3.05) is 12.1 Å². The predicted molar refractivity (Wildman–Crippen MR) is 72.0 cm³/mol. The van der Waals surface area contributed by atoms with E-state index in [1.54, 1.807) is 12.1 Å². The number of fused-ring (bicyclic) bond motifs is 1. The normalized spacial score (nSPS) is 22.2. The first-order valence-electron chi connectivity index (χ1n) is 6.02. The summed E-state index contributed by atoms with van der Waals surface area (Å²) in [5.74, 6) is 0.789. The van der Waals surface area contributed by atoms with E-state index in [-0.39, 0.29) is 23.6 Å². The maximum Gasteiger partial charge on any atom is 0.222 e. The molecule has 1 aliphatic rings. The van der Waals surface area contributed by atoms with Crippen molar-refractivity contribution < 1.29 is 14.6 Å². The minimum absolute atomic E-state index is 0.0841. The van der Waals surface area contributed by atoms with Gasteiger partial charge in [0.2, 0.25) is 6.73 Å². The topological polar surface area (TPSA) is 53.8 Å². The molecule has 2 atom stereocenters. The molecule has 1 aromatic rings. The molecule has 0 bridgehead atoms. The predicted octanol–water partition coefficient (Wildman–Crippen LogP) is 1.84. The monoisotopic (exact) mass is 313 g/mol. The summed E-state index contributed by atoms with van der Waals surface area (Å²) in [4.78, 5) is 11.9. The molecule has 1 N–H and O–H groups in total. The summed E-state index contributed by atoms with van der Waals surface area (Å²) in [5, 5.41) is 12.4. The third-order valence-corrected chi connectivity index (χ3v) is 3.75. The first-order valence-corrected chi connectivity index (χ1v) is 7.14. The van der Waals surface area contributed by atoms with Gasteiger partial charge in [0.25, 0.3) is 0 Å². The lowest BCUT2D eigenvalue weighted by Gasteiger charge is -2.34. The molecule has 0 aliphatic carbocycles. The Morgan fingerprint density at radius 2 is 2.39 bits per heavy atom. The first-order chi connectivity index (χ1) is 8.63. The van der Waals surface area contributed by atoms with Crippen LogP contribution < -0.4 is 9.80 Å². The van der Waals surface area contributed by atoms with E-state index in [0.717, 1.165) is 17.3 Å². The van der Waals surface area contributed by atoms with Crippen LogP contribution >= 0.6 is 15.9 Å². The second-order valence-corrected chi connectivity index (χ2v) is 5.24. The van der Waals surface area contributed by atoms with Gasteiger partial charge in [-0.05, 0) is 25.5 Å². The van der Waals surface area contributed by atoms with E-state index in [2.05, 4.69) is 15.9 Å². The van der Waals surface area contributed by atoms with Crippen LogP contribution in [0.2, 0.25) is 0 Å². The van der Waals surface area contributed by atoms with Crippen LogP contribution in [0.25, 0.3) is 0 Å². The summed E-state index contributed by atoms with van der Waals surface area (Å²) in [6, 6.07) is 5.24. The molecule has 0 aromatic heterocycles. The van der Waals surface area contributed by atoms with E-state index in [1.807, 2.05) is 13.0 Å². The number of ketones is 1. The zero-order valence-electron chi connectivity index (χ0n) is 10.2. The number of hydrogen-bond donors (Lipinski definition) is 1. The zero-order chi connectivity index (χ0) is 13.1. The number of hydroxylamine groups is 2. The van der Waals surface area contributed by atoms with E-state index >= 15 is 0 Å². The van der Waals surface area contributed by atoms with Crippen molar-refractivity contribution in [1.82, 2.24) is 0 Å². The van der Waals surface area contributed by atoms with Gasteiger partial charge in [-0.25, -0.2) is 0 Å². The molecular formula is C13H16BrNO3. The molecule has 0 fully saturated rings. The van der Waals surface area contributed by atoms with Gasteiger partial charge in [-0.3, -0.25) is 4.79 Å². The molecule has 1 heterocycles. The SMILES string of the molecule is CC1c2ccc(C(=O)CCCBr)cc2OC[NH+]1[O-]. The fourth-order valence-electron chi connectivity index (χ4n) is 2.01. The van der Waals surface area contributed by atoms with Gasteiger partial charge in [0.1, 0.15) is 11.8 Å². The molecule has 5 heteroatoms. The van der Waals surface area contributed by atoms with Gasteiger partial charge in [-0.15, -0.1) is 0 Å². The van der Waals surface area contributed by atoms with E-state index in [4.69, 9.17) is 4.74 Å². The molecule has 0 amide bonds. The Hall–Kier alpha value is -0.910. The van der Waals surface area contributed by atoms with Gasteiger partial charge < -0.3 is 15.0 Å². The Bertz CT molecular complexity index is 450. The third-order valence-electron chi connectivity index (χ3n) is 3.19. The molecule has 0 radical (unpaired) electrons. The highest BCUT2D eigenvalue weighted by Gasteiger charge is 2.24. The quantitative estimate of drug-likeness (QED) is 0.524. The van der Waals surface area contributed by atoms with Gasteiger partial charge in [0.05, 0.1) is 5.56 Å². The largest absolute Gasteiger partial charge is 0.631 e. The maximum absolute atomic E-state index is 11.9. The molecule has 1 aliphatic heterocycles. The third kappa shape index (κ3) is 2.74. The molecule has 0 spiro atoms. The number of carbonyl (C=O) groups is 1. The number of rotatable bonds is 4. The molecule has 0 saturated carbocycles. The number of halogens is 1. The highest BCUT2D eigenvalue weighted by Crippen LogP contribution is 2.27. The van der Waals surface area contributed by atoms with Crippen LogP contribution in [0.15, 0.2) is 18.2 Å². The summed E-state index contributed by atoms with van der Waals surface area (Å²) in [7, 11) is 0. The number of nitrogens with one attached hydrogen (secondary N) is 1. The zero-order valence-corrected chi connectivity index (χ0v) is 11.8. The van der Waals surface area contributed by atoms with E-state index in [9.17, 15) is 10.0 Å². The van der Waals surface area contributed by atoms with Crippen LogP contribution in [0.3, 0.4) is 0 Å². The number of hydrogen-bond acceptors (Lipinski definition) is 3. The molecule has 1 aromatic carbocycles. The van der Waals surface area contributed by atoms with Crippen molar-refractivity contribution in [3.05, 3.63) is 34.5 Å². The Labute approximate surface area is 115 Å². The van der Waals surface area contributed by atoms with Crippen LogP contribution in [-0.4, -0.2) is 17.8 Å². The highest BCUT2D eigenvalue weighted by molar-refractivity contribution is 9.09. The Kier molecular flexibility index (Phi) is 4.37. The van der Waals surface area contributed by atoms with Gasteiger partial charge >= 0.3 is 0 Å². The van der Waals surface area contributed by atoms with Crippen LogP contribution in [0, 0.1) is 5.21 Å². The Morgan fingerprint density at radius 3 is 3.11 bits per heavy atom. The lowest BCUT2D eigenvalue weighted by molar-refractivity contribution is -0.900. The molecule has 4 nitrogen and oxygen atoms in total. The second-order valence-electron chi connectivity index (χ2n) is 4.44. The van der Waals surface area contributed by atoms with Crippen molar-refractivity contribution >= 4 is 21.7 Å². The number of Topliss-reactive ketones (excluding diaryl/α,β-unsaturated/α-hetero) is 1. The van der Waals surface area contributed by atoms with Gasteiger partial charge in [-0.2, -0.15) is 0 Å². The average Bonchev–Trinajstić information content (AvgIpc) is 2.40. The molecule has 2 unspecified atom stereocenters. The number of quaternary nitrogens is 1. The standard InChI is InChI=1S/C13H16BrNO3/c1-9-11-5-4-10(12(16)3-2-6-14)7-13(11)18-8-15(9)17/h4-5,7,9,15H,2-3,6,8H2,1H3. The molecule has 2 rings (SSSR count). The lowest BCUT2D eigenvalue weighted by Crippen LogP contribution is -3.08. The number of ether oxygens (including phenoxy) is 1. The average molecular weight is 314 g/mol. The van der Waals surface area contributed by atoms with Gasteiger partial charge in [0.15, 0.2) is 5.78 Å². The minimum Gasteiger partial charge on any atom is -0.631 e. The summed E-state index contributed by atoms with van der Waals surface area (Å²) >= 11 is 3.31.